The first-order valence-corrected chi connectivity index (χ1v) is 7.26. The summed E-state index contributed by atoms with van der Waals surface area (Å²) in [5.74, 6) is 1.44. The number of carbonyl (C=O) groups is 1. The van der Waals surface area contributed by atoms with E-state index in [9.17, 15) is 9.18 Å². The van der Waals surface area contributed by atoms with Crippen molar-refractivity contribution >= 4 is 17.5 Å². The van der Waals surface area contributed by atoms with Crippen molar-refractivity contribution in [2.45, 2.75) is 6.92 Å². The number of carbonyl (C=O) groups excluding carboxylic acids is 1. The lowest BCUT2D eigenvalue weighted by Gasteiger charge is -2.14. The van der Waals surface area contributed by atoms with Gasteiger partial charge in [-0.2, -0.15) is 0 Å². The number of aryl methyl sites for hydroxylation is 1. The van der Waals surface area contributed by atoms with Crippen LogP contribution in [-0.4, -0.2) is 43.1 Å². The van der Waals surface area contributed by atoms with Crippen LogP contribution in [0.5, 0.6) is 0 Å². The molecular weight excluding hydrogens is 297 g/mol. The van der Waals surface area contributed by atoms with Crippen LogP contribution in [0.15, 0.2) is 30.3 Å². The van der Waals surface area contributed by atoms with Crippen molar-refractivity contribution in [3.8, 4) is 0 Å². The normalized spacial score (nSPS) is 10.3. The van der Waals surface area contributed by atoms with E-state index in [1.807, 2.05) is 32.0 Å². The van der Waals surface area contributed by atoms with Gasteiger partial charge in [-0.1, -0.05) is 6.07 Å². The van der Waals surface area contributed by atoms with E-state index in [0.29, 0.717) is 30.3 Å². The lowest BCUT2D eigenvalue weighted by atomic mass is 10.2. The van der Waals surface area contributed by atoms with Crippen molar-refractivity contribution in [1.29, 1.82) is 0 Å². The van der Waals surface area contributed by atoms with Gasteiger partial charge in [0.05, 0.1) is 0 Å². The SMILES string of the molecule is Cc1nc(NCCNC(=O)c2cccc(F)c2)cc(N(C)C)n1. The molecule has 0 saturated heterocycles. The molecule has 2 N–H and O–H groups in total. The van der Waals surface area contributed by atoms with Crippen molar-refractivity contribution in [3.63, 3.8) is 0 Å². The van der Waals surface area contributed by atoms with Gasteiger partial charge in [-0.15, -0.1) is 0 Å². The molecule has 0 bridgehead atoms. The average molecular weight is 317 g/mol. The minimum atomic E-state index is -0.427. The van der Waals surface area contributed by atoms with Crippen LogP contribution in [-0.2, 0) is 0 Å². The molecule has 0 unspecified atom stereocenters. The largest absolute Gasteiger partial charge is 0.368 e. The lowest BCUT2D eigenvalue weighted by Crippen LogP contribution is -2.29. The van der Waals surface area contributed by atoms with Gasteiger partial charge in [0.2, 0.25) is 0 Å². The van der Waals surface area contributed by atoms with Crippen molar-refractivity contribution < 1.29 is 9.18 Å². The Morgan fingerprint density at radius 3 is 2.70 bits per heavy atom. The Kier molecular flexibility index (Phi) is 5.46. The molecule has 122 valence electrons. The Balaban J connectivity index is 1.85. The predicted molar refractivity (Wildman–Crippen MR) is 88.3 cm³/mol. The molecule has 23 heavy (non-hydrogen) atoms. The fourth-order valence-corrected chi connectivity index (χ4v) is 1.97. The molecule has 1 amide bonds. The van der Waals surface area contributed by atoms with E-state index in [4.69, 9.17) is 0 Å². The van der Waals surface area contributed by atoms with Gasteiger partial charge in [0.25, 0.3) is 5.91 Å². The summed E-state index contributed by atoms with van der Waals surface area (Å²) in [6.07, 6.45) is 0. The second-order valence-electron chi connectivity index (χ2n) is 5.25. The van der Waals surface area contributed by atoms with Crippen LogP contribution >= 0.6 is 0 Å². The maximum Gasteiger partial charge on any atom is 0.251 e. The van der Waals surface area contributed by atoms with Gasteiger partial charge < -0.3 is 15.5 Å². The van der Waals surface area contributed by atoms with Crippen LogP contribution in [0.3, 0.4) is 0 Å². The summed E-state index contributed by atoms with van der Waals surface area (Å²) in [6.45, 7) is 2.73. The molecule has 2 aromatic rings. The minimum absolute atomic E-state index is 0.303. The Labute approximate surface area is 134 Å². The molecule has 7 heteroatoms. The number of nitrogens with zero attached hydrogens (tertiary/aromatic N) is 3. The molecule has 0 aliphatic carbocycles. The summed E-state index contributed by atoms with van der Waals surface area (Å²) in [5, 5.41) is 5.86. The van der Waals surface area contributed by atoms with E-state index in [2.05, 4.69) is 20.6 Å². The highest BCUT2D eigenvalue weighted by atomic mass is 19.1. The molecule has 1 aromatic heterocycles. The lowest BCUT2D eigenvalue weighted by molar-refractivity contribution is 0.0954. The van der Waals surface area contributed by atoms with Crippen LogP contribution in [0, 0.1) is 12.7 Å². The van der Waals surface area contributed by atoms with Gasteiger partial charge in [-0.3, -0.25) is 4.79 Å². The number of aromatic nitrogens is 2. The minimum Gasteiger partial charge on any atom is -0.368 e. The van der Waals surface area contributed by atoms with Crippen molar-refractivity contribution in [3.05, 3.63) is 47.5 Å². The number of anilines is 2. The van der Waals surface area contributed by atoms with Crippen LogP contribution in [0.1, 0.15) is 16.2 Å². The van der Waals surface area contributed by atoms with E-state index < -0.39 is 5.82 Å². The van der Waals surface area contributed by atoms with Crippen molar-refractivity contribution in [1.82, 2.24) is 15.3 Å². The number of hydrogen-bond acceptors (Lipinski definition) is 5. The standard InChI is InChI=1S/C16H20FN5O/c1-11-20-14(10-15(21-11)22(2)3)18-7-8-19-16(23)12-5-4-6-13(17)9-12/h4-6,9-10H,7-8H2,1-3H3,(H,19,23)(H,18,20,21). The molecule has 0 radical (unpaired) electrons. The second-order valence-corrected chi connectivity index (χ2v) is 5.25. The Morgan fingerprint density at radius 2 is 2.00 bits per heavy atom. The first-order chi connectivity index (χ1) is 11.0. The molecule has 2 rings (SSSR count). The quantitative estimate of drug-likeness (QED) is 0.796. The van der Waals surface area contributed by atoms with Crippen molar-refractivity contribution in [2.24, 2.45) is 0 Å². The fourth-order valence-electron chi connectivity index (χ4n) is 1.97. The number of benzene rings is 1. The highest BCUT2D eigenvalue weighted by molar-refractivity contribution is 5.94. The third kappa shape index (κ3) is 4.91. The van der Waals surface area contributed by atoms with Gasteiger partial charge in [0.1, 0.15) is 23.3 Å². The third-order valence-electron chi connectivity index (χ3n) is 3.09. The molecule has 0 fully saturated rings. The molecule has 0 spiro atoms. The van der Waals surface area contributed by atoms with Crippen LogP contribution in [0.4, 0.5) is 16.0 Å². The zero-order valence-electron chi connectivity index (χ0n) is 13.4. The zero-order chi connectivity index (χ0) is 16.8. The monoisotopic (exact) mass is 317 g/mol. The van der Waals surface area contributed by atoms with E-state index in [0.717, 1.165) is 5.82 Å². The first-order valence-electron chi connectivity index (χ1n) is 7.26. The summed E-state index contributed by atoms with van der Waals surface area (Å²) >= 11 is 0. The van der Waals surface area contributed by atoms with Crippen LogP contribution in [0.2, 0.25) is 0 Å². The fraction of sp³-hybridized carbons (Fsp3) is 0.312. The molecular formula is C16H20FN5O. The molecule has 0 aliphatic rings. The summed E-state index contributed by atoms with van der Waals surface area (Å²) in [4.78, 5) is 22.4. The highest BCUT2D eigenvalue weighted by Crippen LogP contribution is 2.12. The molecule has 1 heterocycles. The van der Waals surface area contributed by atoms with Crippen molar-refractivity contribution in [2.75, 3.05) is 37.4 Å². The van der Waals surface area contributed by atoms with Gasteiger partial charge >= 0.3 is 0 Å². The van der Waals surface area contributed by atoms with E-state index in [1.165, 1.54) is 18.2 Å². The predicted octanol–water partition coefficient (Wildman–Crippen LogP) is 1.83. The molecule has 1 aromatic carbocycles. The van der Waals surface area contributed by atoms with Crippen LogP contribution in [0.25, 0.3) is 0 Å². The second kappa shape index (κ2) is 7.53. The Bertz CT molecular complexity index is 690. The van der Waals surface area contributed by atoms with Gasteiger partial charge in [0.15, 0.2) is 0 Å². The number of hydrogen-bond donors (Lipinski definition) is 2. The van der Waals surface area contributed by atoms with Gasteiger partial charge in [0, 0.05) is 38.8 Å². The van der Waals surface area contributed by atoms with Gasteiger partial charge in [-0.25, -0.2) is 14.4 Å². The number of halogens is 1. The van der Waals surface area contributed by atoms with Crippen LogP contribution < -0.4 is 15.5 Å². The number of nitrogens with one attached hydrogen (secondary N) is 2. The summed E-state index contributed by atoms with van der Waals surface area (Å²) < 4.78 is 13.1. The summed E-state index contributed by atoms with van der Waals surface area (Å²) in [6, 6.07) is 7.43. The van der Waals surface area contributed by atoms with E-state index >= 15 is 0 Å². The molecule has 0 saturated carbocycles. The Hall–Kier alpha value is -2.70. The summed E-state index contributed by atoms with van der Waals surface area (Å²) in [7, 11) is 3.82. The number of rotatable bonds is 6. The maximum atomic E-state index is 13.1. The Morgan fingerprint density at radius 1 is 1.22 bits per heavy atom. The molecule has 0 atom stereocenters. The average Bonchev–Trinajstić information content (AvgIpc) is 2.50. The molecule has 0 aliphatic heterocycles. The highest BCUT2D eigenvalue weighted by Gasteiger charge is 2.06. The summed E-state index contributed by atoms with van der Waals surface area (Å²) in [5.41, 5.74) is 0.303. The van der Waals surface area contributed by atoms with E-state index in [-0.39, 0.29) is 5.91 Å². The third-order valence-corrected chi connectivity index (χ3v) is 3.09. The zero-order valence-corrected chi connectivity index (χ0v) is 13.4. The smallest absolute Gasteiger partial charge is 0.251 e. The maximum absolute atomic E-state index is 13.1. The van der Waals surface area contributed by atoms with E-state index in [1.54, 1.807) is 6.07 Å². The number of amides is 1. The molecule has 6 nitrogen and oxygen atoms in total. The first kappa shape index (κ1) is 16.7. The topological polar surface area (TPSA) is 70.2 Å². The van der Waals surface area contributed by atoms with Gasteiger partial charge in [-0.05, 0) is 25.1 Å².